The van der Waals surface area contributed by atoms with Gasteiger partial charge in [-0.2, -0.15) is 5.10 Å². The van der Waals surface area contributed by atoms with Gasteiger partial charge in [0.1, 0.15) is 5.82 Å². The molecule has 0 unspecified atom stereocenters. The van der Waals surface area contributed by atoms with Crippen molar-refractivity contribution >= 4 is 23.2 Å². The molecule has 3 aromatic rings. The summed E-state index contributed by atoms with van der Waals surface area (Å²) in [6.45, 7) is 1.78. The summed E-state index contributed by atoms with van der Waals surface area (Å²) in [5, 5.41) is 11.3. The van der Waals surface area contributed by atoms with E-state index < -0.39 is 5.82 Å². The summed E-state index contributed by atoms with van der Waals surface area (Å²) in [4.78, 5) is 13.0. The number of nitrogens with zero attached hydrogens (tertiary/aromatic N) is 2. The van der Waals surface area contributed by atoms with E-state index in [0.29, 0.717) is 16.3 Å². The lowest BCUT2D eigenvalue weighted by atomic mass is 9.91. The summed E-state index contributed by atoms with van der Waals surface area (Å²) >= 11 is 6.01. The van der Waals surface area contributed by atoms with E-state index in [9.17, 15) is 9.18 Å². The Morgan fingerprint density at radius 2 is 1.93 bits per heavy atom. The minimum absolute atomic E-state index is 0.202. The van der Waals surface area contributed by atoms with Crippen molar-refractivity contribution in [2.75, 3.05) is 18.4 Å². The van der Waals surface area contributed by atoms with Crippen LogP contribution in [0.1, 0.15) is 34.8 Å². The number of hydrogen-bond donors (Lipinski definition) is 2. The van der Waals surface area contributed by atoms with E-state index in [4.69, 9.17) is 11.6 Å². The molecule has 1 fully saturated rings. The Kier molecular flexibility index (Phi) is 5.41. The number of halogens is 2. The molecule has 0 aliphatic carbocycles. The average Bonchev–Trinajstić information content (AvgIpc) is 3.14. The predicted molar refractivity (Wildman–Crippen MR) is 108 cm³/mol. The topological polar surface area (TPSA) is 59.0 Å². The minimum atomic E-state index is -0.395. The summed E-state index contributed by atoms with van der Waals surface area (Å²) in [6.07, 6.45) is 3.42. The number of carbonyl (C=O) groups is 1. The van der Waals surface area contributed by atoms with Gasteiger partial charge in [0.15, 0.2) is 0 Å². The molecule has 1 amide bonds. The number of amides is 1. The molecule has 0 saturated carbocycles. The first-order chi connectivity index (χ1) is 13.6. The Hall–Kier alpha value is -2.70. The third-order valence-corrected chi connectivity index (χ3v) is 5.18. The maximum absolute atomic E-state index is 13.5. The van der Waals surface area contributed by atoms with Crippen LogP contribution < -0.4 is 10.6 Å². The van der Waals surface area contributed by atoms with Crippen LogP contribution >= 0.6 is 11.6 Å². The van der Waals surface area contributed by atoms with Crippen LogP contribution in [0.5, 0.6) is 0 Å². The van der Waals surface area contributed by atoms with E-state index in [1.807, 2.05) is 16.8 Å². The molecule has 2 heterocycles. The van der Waals surface area contributed by atoms with Gasteiger partial charge in [-0.25, -0.2) is 9.07 Å². The second-order valence-electron chi connectivity index (χ2n) is 6.82. The van der Waals surface area contributed by atoms with Gasteiger partial charge in [-0.15, -0.1) is 0 Å². The normalized spacial score (nSPS) is 14.8. The lowest BCUT2D eigenvalue weighted by molar-refractivity contribution is 0.102. The molecule has 4 rings (SSSR count). The van der Waals surface area contributed by atoms with E-state index in [2.05, 4.69) is 15.7 Å². The van der Waals surface area contributed by atoms with Gasteiger partial charge in [-0.05, 0) is 68.4 Å². The lowest BCUT2D eigenvalue weighted by Crippen LogP contribution is -2.29. The fraction of sp³-hybridized carbons (Fsp3) is 0.238. The predicted octanol–water partition coefficient (Wildman–Crippen LogP) is 4.38. The van der Waals surface area contributed by atoms with Gasteiger partial charge in [0.05, 0.1) is 23.1 Å². The number of piperidine rings is 1. The molecule has 2 aromatic carbocycles. The van der Waals surface area contributed by atoms with Gasteiger partial charge in [0.2, 0.25) is 0 Å². The number of nitrogens with one attached hydrogen (secondary N) is 2. The Labute approximate surface area is 167 Å². The Morgan fingerprint density at radius 1 is 1.18 bits per heavy atom. The van der Waals surface area contributed by atoms with Crippen molar-refractivity contribution in [3.63, 3.8) is 0 Å². The molecule has 28 heavy (non-hydrogen) atoms. The van der Waals surface area contributed by atoms with Crippen LogP contribution in [-0.4, -0.2) is 28.8 Å². The van der Waals surface area contributed by atoms with E-state index in [1.165, 1.54) is 12.1 Å². The maximum atomic E-state index is 13.5. The SMILES string of the molecule is O=C(Nc1cccc(F)c1)c1cnn(-c2ccc(Cl)cc2)c1C1CCNCC1. The first kappa shape index (κ1) is 18.7. The Morgan fingerprint density at radius 3 is 2.64 bits per heavy atom. The van der Waals surface area contributed by atoms with Crippen molar-refractivity contribution in [3.05, 3.63) is 76.8 Å². The van der Waals surface area contributed by atoms with Crippen LogP contribution in [0.2, 0.25) is 5.02 Å². The first-order valence-electron chi connectivity index (χ1n) is 9.23. The highest BCUT2D eigenvalue weighted by Gasteiger charge is 2.27. The van der Waals surface area contributed by atoms with E-state index in [1.54, 1.807) is 30.5 Å². The number of hydrogen-bond acceptors (Lipinski definition) is 3. The number of benzene rings is 2. The van der Waals surface area contributed by atoms with Crippen LogP contribution in [0.25, 0.3) is 5.69 Å². The third-order valence-electron chi connectivity index (χ3n) is 4.93. The number of aromatic nitrogens is 2. The largest absolute Gasteiger partial charge is 0.322 e. The molecule has 5 nitrogen and oxygen atoms in total. The molecule has 7 heteroatoms. The molecular formula is C21H20ClFN4O. The average molecular weight is 399 g/mol. The number of carbonyl (C=O) groups excluding carboxylic acids is 1. The zero-order valence-corrected chi connectivity index (χ0v) is 15.9. The summed E-state index contributed by atoms with van der Waals surface area (Å²) in [5.74, 6) is -0.486. The summed E-state index contributed by atoms with van der Waals surface area (Å²) in [5.41, 5.74) is 2.65. The highest BCUT2D eigenvalue weighted by Crippen LogP contribution is 2.31. The van der Waals surface area contributed by atoms with Gasteiger partial charge >= 0.3 is 0 Å². The van der Waals surface area contributed by atoms with Gasteiger partial charge in [-0.1, -0.05) is 17.7 Å². The third kappa shape index (κ3) is 3.93. The fourth-order valence-corrected chi connectivity index (χ4v) is 3.70. The highest BCUT2D eigenvalue weighted by molar-refractivity contribution is 6.30. The molecule has 1 aliphatic rings. The van der Waals surface area contributed by atoms with Crippen molar-refractivity contribution in [2.45, 2.75) is 18.8 Å². The molecule has 0 atom stereocenters. The molecule has 1 saturated heterocycles. The van der Waals surface area contributed by atoms with Gasteiger partial charge in [0.25, 0.3) is 5.91 Å². The summed E-state index contributed by atoms with van der Waals surface area (Å²) in [7, 11) is 0. The van der Waals surface area contributed by atoms with Gasteiger partial charge in [-0.3, -0.25) is 4.79 Å². The molecular weight excluding hydrogens is 379 g/mol. The molecule has 1 aliphatic heterocycles. The molecule has 0 radical (unpaired) electrons. The quantitative estimate of drug-likeness (QED) is 0.685. The summed E-state index contributed by atoms with van der Waals surface area (Å²) < 4.78 is 15.3. The van der Waals surface area contributed by atoms with Crippen molar-refractivity contribution in [2.24, 2.45) is 0 Å². The monoisotopic (exact) mass is 398 g/mol. The zero-order chi connectivity index (χ0) is 19.5. The van der Waals surface area contributed by atoms with Crippen LogP contribution in [0.4, 0.5) is 10.1 Å². The van der Waals surface area contributed by atoms with E-state index in [-0.39, 0.29) is 11.8 Å². The fourth-order valence-electron chi connectivity index (χ4n) is 3.57. The molecule has 144 valence electrons. The highest BCUT2D eigenvalue weighted by atomic mass is 35.5. The van der Waals surface area contributed by atoms with E-state index in [0.717, 1.165) is 37.3 Å². The minimum Gasteiger partial charge on any atom is -0.322 e. The second kappa shape index (κ2) is 8.12. The number of anilines is 1. The summed E-state index contributed by atoms with van der Waals surface area (Å²) in [6, 6.07) is 13.2. The molecule has 1 aromatic heterocycles. The van der Waals surface area contributed by atoms with Crippen molar-refractivity contribution in [3.8, 4) is 5.69 Å². The van der Waals surface area contributed by atoms with Crippen molar-refractivity contribution in [1.82, 2.24) is 15.1 Å². The Balaban J connectivity index is 1.71. The van der Waals surface area contributed by atoms with E-state index >= 15 is 0 Å². The first-order valence-corrected chi connectivity index (χ1v) is 9.61. The van der Waals surface area contributed by atoms with Crippen LogP contribution in [0, 0.1) is 5.82 Å². The second-order valence-corrected chi connectivity index (χ2v) is 7.26. The molecule has 0 spiro atoms. The number of rotatable bonds is 4. The van der Waals surface area contributed by atoms with Crippen LogP contribution in [-0.2, 0) is 0 Å². The smallest absolute Gasteiger partial charge is 0.259 e. The molecule has 0 bridgehead atoms. The van der Waals surface area contributed by atoms with Crippen molar-refractivity contribution < 1.29 is 9.18 Å². The standard InChI is InChI=1S/C21H20ClFN4O/c22-15-4-6-18(7-5-15)27-20(14-8-10-24-11-9-14)19(13-25-27)21(28)26-17-3-1-2-16(23)12-17/h1-7,12-14,24H,8-11H2,(H,26,28). The van der Waals surface area contributed by atoms with Crippen molar-refractivity contribution in [1.29, 1.82) is 0 Å². The van der Waals surface area contributed by atoms with Gasteiger partial charge in [0, 0.05) is 16.6 Å². The molecule has 2 N–H and O–H groups in total. The van der Waals surface area contributed by atoms with Gasteiger partial charge < -0.3 is 10.6 Å². The lowest BCUT2D eigenvalue weighted by Gasteiger charge is -2.24. The van der Waals surface area contributed by atoms with Crippen LogP contribution in [0.15, 0.2) is 54.7 Å². The zero-order valence-electron chi connectivity index (χ0n) is 15.2. The Bertz CT molecular complexity index is 980. The maximum Gasteiger partial charge on any atom is 0.259 e. The van der Waals surface area contributed by atoms with Crippen LogP contribution in [0.3, 0.4) is 0 Å².